The van der Waals surface area contributed by atoms with Gasteiger partial charge in [-0.05, 0) is 18.2 Å². The van der Waals surface area contributed by atoms with E-state index in [4.69, 9.17) is 0 Å². The number of nitrogens with zero attached hydrogens (tertiary/aromatic N) is 4. The number of ether oxygens (including phenoxy) is 1. The molecule has 0 amide bonds. The van der Waals surface area contributed by atoms with E-state index in [9.17, 15) is 4.79 Å². The van der Waals surface area contributed by atoms with E-state index in [0.29, 0.717) is 11.6 Å². The highest BCUT2D eigenvalue weighted by molar-refractivity contribution is 9.10. The summed E-state index contributed by atoms with van der Waals surface area (Å²) in [6.07, 6.45) is 1.69. The van der Waals surface area contributed by atoms with Crippen LogP contribution in [0.25, 0.3) is 17.0 Å². The van der Waals surface area contributed by atoms with Crippen LogP contribution in [0.4, 0.5) is 0 Å². The molecule has 0 bridgehead atoms. The van der Waals surface area contributed by atoms with Crippen LogP contribution in [-0.4, -0.2) is 32.7 Å². The lowest BCUT2D eigenvalue weighted by molar-refractivity contribution is -0.139. The van der Waals surface area contributed by atoms with Gasteiger partial charge in [-0.2, -0.15) is 9.50 Å². The Bertz CT molecular complexity index is 816. The number of aromatic nitrogens is 4. The molecule has 0 atom stereocenters. The van der Waals surface area contributed by atoms with E-state index in [1.54, 1.807) is 10.7 Å². The highest BCUT2D eigenvalue weighted by atomic mass is 79.9. The summed E-state index contributed by atoms with van der Waals surface area (Å²) >= 11 is 3.45. The molecule has 106 valence electrons. The number of esters is 1. The fourth-order valence-corrected chi connectivity index (χ4v) is 2.38. The molecule has 21 heavy (non-hydrogen) atoms. The van der Waals surface area contributed by atoms with Crippen molar-refractivity contribution in [1.29, 1.82) is 0 Å². The lowest BCUT2D eigenvalue weighted by Gasteiger charge is -2.03. The first-order valence-corrected chi connectivity index (χ1v) is 7.00. The fourth-order valence-electron chi connectivity index (χ4n) is 1.98. The molecule has 0 saturated carbocycles. The zero-order chi connectivity index (χ0) is 14.8. The number of rotatable bonds is 3. The topological polar surface area (TPSA) is 69.4 Å². The Labute approximate surface area is 128 Å². The van der Waals surface area contributed by atoms with Gasteiger partial charge in [-0.25, -0.2) is 4.98 Å². The van der Waals surface area contributed by atoms with Gasteiger partial charge in [0.15, 0.2) is 5.82 Å². The van der Waals surface area contributed by atoms with E-state index in [0.717, 1.165) is 15.7 Å². The number of halogens is 1. The van der Waals surface area contributed by atoms with Gasteiger partial charge in [0.25, 0.3) is 5.78 Å². The Morgan fingerprint density at radius 1 is 1.38 bits per heavy atom. The number of benzene rings is 1. The molecule has 0 aliphatic rings. The first-order valence-electron chi connectivity index (χ1n) is 6.21. The summed E-state index contributed by atoms with van der Waals surface area (Å²) in [6.45, 7) is 0. The Balaban J connectivity index is 2.09. The summed E-state index contributed by atoms with van der Waals surface area (Å²) < 4.78 is 7.22. The third-order valence-corrected chi connectivity index (χ3v) is 3.43. The first kappa shape index (κ1) is 13.7. The average Bonchev–Trinajstić information content (AvgIpc) is 2.89. The molecule has 2 aromatic heterocycles. The van der Waals surface area contributed by atoms with E-state index >= 15 is 0 Å². The molecule has 0 N–H and O–H groups in total. The molecule has 3 rings (SSSR count). The van der Waals surface area contributed by atoms with Crippen LogP contribution >= 0.6 is 15.9 Å². The van der Waals surface area contributed by atoms with Crippen molar-refractivity contribution < 1.29 is 9.53 Å². The number of carbonyl (C=O) groups is 1. The van der Waals surface area contributed by atoms with Crippen LogP contribution in [0.2, 0.25) is 0 Å². The molecule has 0 spiro atoms. The van der Waals surface area contributed by atoms with Crippen LogP contribution < -0.4 is 0 Å². The van der Waals surface area contributed by atoms with Gasteiger partial charge in [-0.3, -0.25) is 4.79 Å². The minimum Gasteiger partial charge on any atom is -0.469 e. The van der Waals surface area contributed by atoms with Crippen LogP contribution in [-0.2, 0) is 16.0 Å². The third kappa shape index (κ3) is 2.78. The zero-order valence-electron chi connectivity index (χ0n) is 11.2. The smallest absolute Gasteiger partial charge is 0.313 e. The van der Waals surface area contributed by atoms with Crippen molar-refractivity contribution in [3.05, 3.63) is 46.8 Å². The highest BCUT2D eigenvalue weighted by Gasteiger charge is 2.13. The SMILES string of the molecule is COC(=O)Cc1nc2nccc(-c3cccc(Br)c3)n2n1. The second kappa shape index (κ2) is 5.61. The molecular weight excluding hydrogens is 336 g/mol. The second-order valence-corrected chi connectivity index (χ2v) is 5.25. The molecule has 3 aromatic rings. The van der Waals surface area contributed by atoms with Gasteiger partial charge in [-0.15, -0.1) is 5.10 Å². The summed E-state index contributed by atoms with van der Waals surface area (Å²) in [7, 11) is 1.34. The Morgan fingerprint density at radius 3 is 3.00 bits per heavy atom. The summed E-state index contributed by atoms with van der Waals surface area (Å²) in [4.78, 5) is 19.7. The quantitative estimate of drug-likeness (QED) is 0.680. The molecule has 0 unspecified atom stereocenters. The van der Waals surface area contributed by atoms with E-state index in [2.05, 4.69) is 35.7 Å². The second-order valence-electron chi connectivity index (χ2n) is 4.33. The lowest BCUT2D eigenvalue weighted by Crippen LogP contribution is -2.06. The van der Waals surface area contributed by atoms with Crippen molar-refractivity contribution in [1.82, 2.24) is 19.6 Å². The number of methoxy groups -OCH3 is 1. The summed E-state index contributed by atoms with van der Waals surface area (Å²) in [5, 5.41) is 4.33. The average molecular weight is 347 g/mol. The summed E-state index contributed by atoms with van der Waals surface area (Å²) in [5.74, 6) is 0.457. The van der Waals surface area contributed by atoms with Gasteiger partial charge in [0.2, 0.25) is 0 Å². The Hall–Kier alpha value is -2.28. The number of fused-ring (bicyclic) bond motifs is 1. The maximum atomic E-state index is 11.3. The molecule has 0 fully saturated rings. The molecule has 6 nitrogen and oxygen atoms in total. The highest BCUT2D eigenvalue weighted by Crippen LogP contribution is 2.22. The van der Waals surface area contributed by atoms with Crippen molar-refractivity contribution in [3.8, 4) is 11.3 Å². The number of hydrogen-bond acceptors (Lipinski definition) is 5. The molecule has 0 radical (unpaired) electrons. The van der Waals surface area contributed by atoms with Crippen molar-refractivity contribution >= 4 is 27.7 Å². The van der Waals surface area contributed by atoms with Crippen molar-refractivity contribution in [2.24, 2.45) is 0 Å². The Kier molecular flexibility index (Phi) is 3.66. The van der Waals surface area contributed by atoms with Gasteiger partial charge < -0.3 is 4.74 Å². The van der Waals surface area contributed by atoms with Gasteiger partial charge in [0.1, 0.15) is 6.42 Å². The molecule has 0 aliphatic heterocycles. The van der Waals surface area contributed by atoms with Crippen molar-refractivity contribution in [2.75, 3.05) is 7.11 Å². The van der Waals surface area contributed by atoms with Crippen molar-refractivity contribution in [2.45, 2.75) is 6.42 Å². The van der Waals surface area contributed by atoms with Crippen LogP contribution in [0.15, 0.2) is 41.0 Å². The van der Waals surface area contributed by atoms with Gasteiger partial charge in [0, 0.05) is 16.2 Å². The molecule has 1 aromatic carbocycles. The normalized spacial score (nSPS) is 10.8. The molecule has 2 heterocycles. The summed E-state index contributed by atoms with van der Waals surface area (Å²) in [6, 6.07) is 9.70. The Morgan fingerprint density at radius 2 is 2.24 bits per heavy atom. The largest absolute Gasteiger partial charge is 0.469 e. The molecular formula is C14H11BrN4O2. The zero-order valence-corrected chi connectivity index (χ0v) is 12.7. The number of carbonyl (C=O) groups excluding carboxylic acids is 1. The van der Waals surface area contributed by atoms with Gasteiger partial charge in [0.05, 0.1) is 12.8 Å². The summed E-state index contributed by atoms with van der Waals surface area (Å²) in [5.41, 5.74) is 1.83. The van der Waals surface area contributed by atoms with Crippen LogP contribution in [0, 0.1) is 0 Å². The number of hydrogen-bond donors (Lipinski definition) is 0. The van der Waals surface area contributed by atoms with E-state index < -0.39 is 0 Å². The maximum absolute atomic E-state index is 11.3. The molecule has 0 aliphatic carbocycles. The predicted octanol–water partition coefficient (Wildman–Crippen LogP) is 2.27. The van der Waals surface area contributed by atoms with Crippen LogP contribution in [0.5, 0.6) is 0 Å². The van der Waals surface area contributed by atoms with Crippen LogP contribution in [0.3, 0.4) is 0 Å². The third-order valence-electron chi connectivity index (χ3n) is 2.94. The van der Waals surface area contributed by atoms with Gasteiger partial charge in [-0.1, -0.05) is 28.1 Å². The van der Waals surface area contributed by atoms with E-state index in [1.807, 2.05) is 30.3 Å². The van der Waals surface area contributed by atoms with E-state index in [-0.39, 0.29) is 12.4 Å². The van der Waals surface area contributed by atoms with Gasteiger partial charge >= 0.3 is 5.97 Å². The lowest BCUT2D eigenvalue weighted by atomic mass is 10.1. The minimum absolute atomic E-state index is 0.0256. The van der Waals surface area contributed by atoms with Crippen molar-refractivity contribution in [3.63, 3.8) is 0 Å². The monoisotopic (exact) mass is 346 g/mol. The maximum Gasteiger partial charge on any atom is 0.313 e. The van der Waals surface area contributed by atoms with E-state index in [1.165, 1.54) is 7.11 Å². The fraction of sp³-hybridized carbons (Fsp3) is 0.143. The predicted molar refractivity (Wildman–Crippen MR) is 79.6 cm³/mol. The minimum atomic E-state index is -0.380. The standard InChI is InChI=1S/C14H11BrN4O2/c1-21-13(20)8-12-17-14-16-6-5-11(19(14)18-12)9-3-2-4-10(15)7-9/h2-7H,8H2,1H3. The molecule has 7 heteroatoms. The first-order chi connectivity index (χ1) is 10.2. The van der Waals surface area contributed by atoms with Crippen LogP contribution in [0.1, 0.15) is 5.82 Å². The molecule has 0 saturated heterocycles.